The van der Waals surface area contributed by atoms with E-state index in [9.17, 15) is 4.39 Å². The number of nitrogens with one attached hydrogen (secondary N) is 1. The predicted molar refractivity (Wildman–Crippen MR) is 79.6 cm³/mol. The summed E-state index contributed by atoms with van der Waals surface area (Å²) in [5.41, 5.74) is 0.435. The van der Waals surface area contributed by atoms with Crippen LogP contribution in [0.1, 0.15) is 45.6 Å². The Morgan fingerprint density at radius 1 is 1.25 bits per heavy atom. The average molecular weight is 277 g/mol. The number of benzene rings is 1. The largest absolute Gasteiger partial charge is 0.360 e. The van der Waals surface area contributed by atoms with Crippen LogP contribution in [0.25, 0.3) is 0 Å². The first kappa shape index (κ1) is 15.0. The van der Waals surface area contributed by atoms with Gasteiger partial charge in [-0.1, -0.05) is 45.4 Å². The number of unbranched alkanes of at least 4 members (excludes halogenated alkanes) is 1. The minimum Gasteiger partial charge on any atom is -0.360 e. The highest BCUT2D eigenvalue weighted by Crippen LogP contribution is 2.34. The Labute approximate surface area is 121 Å². The molecule has 1 aromatic rings. The Morgan fingerprint density at radius 3 is 2.60 bits per heavy atom. The molecule has 1 N–H and O–H groups in total. The van der Waals surface area contributed by atoms with Crippen LogP contribution in [-0.4, -0.2) is 6.61 Å². The van der Waals surface area contributed by atoms with Gasteiger partial charge >= 0.3 is 0 Å². The lowest BCUT2D eigenvalue weighted by Gasteiger charge is -2.35. The van der Waals surface area contributed by atoms with E-state index in [1.807, 2.05) is 18.3 Å². The van der Waals surface area contributed by atoms with Crippen molar-refractivity contribution >= 4 is 0 Å². The van der Waals surface area contributed by atoms with E-state index in [1.54, 1.807) is 0 Å². The van der Waals surface area contributed by atoms with Gasteiger partial charge in [-0.25, -0.2) is 4.39 Å². The zero-order chi connectivity index (χ0) is 14.6. The summed E-state index contributed by atoms with van der Waals surface area (Å²) < 4.78 is 19.4. The van der Waals surface area contributed by atoms with Gasteiger partial charge in [0.2, 0.25) is 0 Å². The minimum absolute atomic E-state index is 0.000987. The molecule has 0 saturated carbocycles. The Kier molecular flexibility index (Phi) is 4.48. The highest BCUT2D eigenvalue weighted by Gasteiger charge is 2.35. The molecule has 3 heteroatoms. The van der Waals surface area contributed by atoms with Gasteiger partial charge in [0.05, 0.1) is 6.61 Å². The van der Waals surface area contributed by atoms with E-state index in [2.05, 4.69) is 32.2 Å². The third-order valence-corrected chi connectivity index (χ3v) is 3.73. The van der Waals surface area contributed by atoms with Crippen LogP contribution in [0.2, 0.25) is 0 Å². The van der Waals surface area contributed by atoms with Gasteiger partial charge in [-0.15, -0.1) is 0 Å². The van der Waals surface area contributed by atoms with Crippen molar-refractivity contribution in [1.82, 2.24) is 5.32 Å². The number of hydrogen-bond donors (Lipinski definition) is 1. The number of halogens is 1. The summed E-state index contributed by atoms with van der Waals surface area (Å²) in [6, 6.07) is 6.61. The van der Waals surface area contributed by atoms with E-state index >= 15 is 0 Å². The van der Waals surface area contributed by atoms with Crippen molar-refractivity contribution in [2.45, 2.75) is 45.8 Å². The maximum atomic E-state index is 13.2. The van der Waals surface area contributed by atoms with E-state index in [0.717, 1.165) is 24.8 Å². The topological polar surface area (TPSA) is 21.3 Å². The van der Waals surface area contributed by atoms with Crippen LogP contribution in [0.4, 0.5) is 4.39 Å². The third-order valence-electron chi connectivity index (χ3n) is 3.73. The molecular weight excluding hydrogens is 253 g/mol. The summed E-state index contributed by atoms with van der Waals surface area (Å²) in [5.74, 6) is -0.219. The third kappa shape index (κ3) is 3.40. The lowest BCUT2D eigenvalue weighted by molar-refractivity contribution is -0.0902. The first-order valence-corrected chi connectivity index (χ1v) is 7.33. The molecule has 0 aromatic heterocycles. The van der Waals surface area contributed by atoms with E-state index < -0.39 is 5.72 Å². The van der Waals surface area contributed by atoms with E-state index in [-0.39, 0.29) is 11.2 Å². The zero-order valence-electron chi connectivity index (χ0n) is 12.6. The molecule has 1 atom stereocenters. The van der Waals surface area contributed by atoms with Crippen molar-refractivity contribution in [1.29, 1.82) is 0 Å². The molecule has 0 saturated heterocycles. The van der Waals surface area contributed by atoms with Crippen molar-refractivity contribution in [2.24, 2.45) is 5.41 Å². The van der Waals surface area contributed by atoms with Crippen molar-refractivity contribution in [2.75, 3.05) is 6.61 Å². The van der Waals surface area contributed by atoms with Gasteiger partial charge in [0.15, 0.2) is 5.72 Å². The first-order chi connectivity index (χ1) is 9.47. The molecule has 0 spiro atoms. The lowest BCUT2D eigenvalue weighted by atomic mass is 9.94. The molecule has 110 valence electrons. The quantitative estimate of drug-likeness (QED) is 0.884. The molecule has 1 aliphatic heterocycles. The summed E-state index contributed by atoms with van der Waals surface area (Å²) >= 11 is 0. The van der Waals surface area contributed by atoms with Gasteiger partial charge in [0.1, 0.15) is 5.82 Å². The van der Waals surface area contributed by atoms with E-state index in [0.29, 0.717) is 6.61 Å². The van der Waals surface area contributed by atoms with Crippen LogP contribution in [0, 0.1) is 11.2 Å². The zero-order valence-corrected chi connectivity index (χ0v) is 12.6. The van der Waals surface area contributed by atoms with Crippen molar-refractivity contribution in [3.05, 3.63) is 47.9 Å². The molecule has 0 amide bonds. The van der Waals surface area contributed by atoms with Crippen molar-refractivity contribution < 1.29 is 9.13 Å². The standard InChI is InChI=1S/C17H24FNO/c1-4-5-10-17(14-6-8-15(18)9-7-14)19-12-11-16(2,3)13-20-17/h6-9,11-12,19H,4-5,10,13H2,1-3H3/t17-/m1/s1. The Morgan fingerprint density at radius 2 is 1.95 bits per heavy atom. The van der Waals surface area contributed by atoms with Crippen LogP contribution in [-0.2, 0) is 10.5 Å². The predicted octanol–water partition coefficient (Wildman–Crippen LogP) is 4.33. The van der Waals surface area contributed by atoms with Gasteiger partial charge in [-0.2, -0.15) is 0 Å². The second kappa shape index (κ2) is 5.96. The number of ether oxygens (including phenoxy) is 1. The molecule has 20 heavy (non-hydrogen) atoms. The van der Waals surface area contributed by atoms with Gasteiger partial charge in [0, 0.05) is 11.0 Å². The SMILES string of the molecule is CCCC[C@@]1(c2ccc(F)cc2)NC=CC(C)(C)CO1. The Bertz CT molecular complexity index is 466. The molecule has 0 fully saturated rings. The second-order valence-electron chi connectivity index (χ2n) is 6.19. The first-order valence-electron chi connectivity index (χ1n) is 7.33. The van der Waals surface area contributed by atoms with Gasteiger partial charge in [-0.3, -0.25) is 0 Å². The molecular formula is C17H24FNO. The van der Waals surface area contributed by atoms with E-state index in [1.165, 1.54) is 12.1 Å². The molecule has 0 radical (unpaired) electrons. The summed E-state index contributed by atoms with van der Waals surface area (Å²) in [6.07, 6.45) is 7.13. The molecule has 0 bridgehead atoms. The summed E-state index contributed by atoms with van der Waals surface area (Å²) in [5, 5.41) is 3.40. The van der Waals surface area contributed by atoms with Crippen molar-refractivity contribution in [3.8, 4) is 0 Å². The van der Waals surface area contributed by atoms with Crippen LogP contribution in [0.3, 0.4) is 0 Å². The molecule has 2 nitrogen and oxygen atoms in total. The molecule has 0 aliphatic carbocycles. The minimum atomic E-state index is -0.548. The molecule has 0 unspecified atom stereocenters. The fourth-order valence-electron chi connectivity index (χ4n) is 2.40. The monoisotopic (exact) mass is 277 g/mol. The summed E-state index contributed by atoms with van der Waals surface area (Å²) in [7, 11) is 0. The summed E-state index contributed by atoms with van der Waals surface area (Å²) in [6.45, 7) is 7.09. The maximum absolute atomic E-state index is 13.2. The maximum Gasteiger partial charge on any atom is 0.164 e. The normalized spacial score (nSPS) is 25.0. The molecule has 1 aliphatic rings. The highest BCUT2D eigenvalue weighted by atomic mass is 19.1. The molecule has 2 rings (SSSR count). The van der Waals surface area contributed by atoms with Gasteiger partial charge < -0.3 is 10.1 Å². The van der Waals surface area contributed by atoms with Crippen LogP contribution >= 0.6 is 0 Å². The van der Waals surface area contributed by atoms with Crippen molar-refractivity contribution in [3.63, 3.8) is 0 Å². The van der Waals surface area contributed by atoms with Crippen LogP contribution in [0.5, 0.6) is 0 Å². The average Bonchev–Trinajstić information content (AvgIpc) is 2.57. The van der Waals surface area contributed by atoms with Gasteiger partial charge in [0.25, 0.3) is 0 Å². The lowest BCUT2D eigenvalue weighted by Crippen LogP contribution is -2.42. The fraction of sp³-hybridized carbons (Fsp3) is 0.529. The van der Waals surface area contributed by atoms with Gasteiger partial charge in [-0.05, 0) is 31.2 Å². The van der Waals surface area contributed by atoms with Crippen LogP contribution in [0.15, 0.2) is 36.5 Å². The second-order valence-corrected chi connectivity index (χ2v) is 6.19. The fourth-order valence-corrected chi connectivity index (χ4v) is 2.40. The van der Waals surface area contributed by atoms with Crippen LogP contribution < -0.4 is 5.32 Å². The van der Waals surface area contributed by atoms with E-state index in [4.69, 9.17) is 4.74 Å². The smallest absolute Gasteiger partial charge is 0.164 e. The molecule has 1 aromatic carbocycles. The Hall–Kier alpha value is -1.35. The molecule has 1 heterocycles. The number of hydrogen-bond acceptors (Lipinski definition) is 2. The highest BCUT2D eigenvalue weighted by molar-refractivity contribution is 5.24. The summed E-state index contributed by atoms with van der Waals surface area (Å²) in [4.78, 5) is 0. The Balaban J connectivity index is 2.31. The number of rotatable bonds is 4.